The van der Waals surface area contributed by atoms with Crippen molar-refractivity contribution in [3.8, 4) is 17.3 Å². The lowest BCUT2D eigenvalue weighted by molar-refractivity contribution is 1.28. The van der Waals surface area contributed by atoms with Crippen LogP contribution in [-0.2, 0) is 6.42 Å². The van der Waals surface area contributed by atoms with Crippen molar-refractivity contribution in [2.24, 2.45) is 0 Å². The standard InChI is InChI=1S/C18H14N2/c1-13-5-7-15(8-6-13)18-17-4-2-3-14(9-11-19)16(17)10-12-20-18/h2-8,10,12H,9H2,1H3. The number of benzene rings is 2. The number of aryl methyl sites for hydroxylation is 1. The van der Waals surface area contributed by atoms with Crippen molar-refractivity contribution in [2.75, 3.05) is 0 Å². The minimum absolute atomic E-state index is 0.425. The quantitative estimate of drug-likeness (QED) is 0.688. The predicted molar refractivity (Wildman–Crippen MR) is 81.2 cm³/mol. The zero-order valence-electron chi connectivity index (χ0n) is 11.3. The van der Waals surface area contributed by atoms with Gasteiger partial charge in [0.15, 0.2) is 0 Å². The molecule has 1 heterocycles. The molecular weight excluding hydrogens is 244 g/mol. The van der Waals surface area contributed by atoms with Crippen LogP contribution in [-0.4, -0.2) is 4.98 Å². The Balaban J connectivity index is 2.24. The third-order valence-corrected chi connectivity index (χ3v) is 3.49. The maximum atomic E-state index is 8.93. The summed E-state index contributed by atoms with van der Waals surface area (Å²) >= 11 is 0. The summed E-state index contributed by atoms with van der Waals surface area (Å²) in [5.41, 5.74) is 4.37. The molecule has 0 atom stereocenters. The van der Waals surface area contributed by atoms with Crippen LogP contribution >= 0.6 is 0 Å². The molecule has 0 N–H and O–H groups in total. The fraction of sp³-hybridized carbons (Fsp3) is 0.111. The summed E-state index contributed by atoms with van der Waals surface area (Å²) in [6, 6.07) is 18.6. The van der Waals surface area contributed by atoms with Gasteiger partial charge in [-0.05, 0) is 23.9 Å². The number of hydrogen-bond donors (Lipinski definition) is 0. The average molecular weight is 258 g/mol. The van der Waals surface area contributed by atoms with Crippen LogP contribution in [0.3, 0.4) is 0 Å². The van der Waals surface area contributed by atoms with E-state index in [-0.39, 0.29) is 0 Å². The number of nitrogens with zero attached hydrogens (tertiary/aromatic N) is 2. The molecule has 2 aromatic carbocycles. The minimum Gasteiger partial charge on any atom is -0.256 e. The zero-order chi connectivity index (χ0) is 13.9. The molecule has 3 rings (SSSR count). The van der Waals surface area contributed by atoms with Crippen molar-refractivity contribution in [3.63, 3.8) is 0 Å². The van der Waals surface area contributed by atoms with E-state index in [1.54, 1.807) is 0 Å². The van der Waals surface area contributed by atoms with Gasteiger partial charge in [0.2, 0.25) is 0 Å². The van der Waals surface area contributed by atoms with Gasteiger partial charge in [0.1, 0.15) is 0 Å². The molecule has 0 radical (unpaired) electrons. The Bertz CT molecular complexity index is 796. The van der Waals surface area contributed by atoms with E-state index in [1.165, 1.54) is 5.56 Å². The molecule has 0 aliphatic rings. The number of pyridine rings is 1. The minimum atomic E-state index is 0.425. The number of hydrogen-bond acceptors (Lipinski definition) is 2. The lowest BCUT2D eigenvalue weighted by Gasteiger charge is -2.08. The maximum absolute atomic E-state index is 8.93. The Morgan fingerprint density at radius 3 is 2.55 bits per heavy atom. The van der Waals surface area contributed by atoms with Crippen LogP contribution in [0.15, 0.2) is 54.7 Å². The van der Waals surface area contributed by atoms with Crippen LogP contribution in [0.4, 0.5) is 0 Å². The van der Waals surface area contributed by atoms with Gasteiger partial charge in [0.05, 0.1) is 18.2 Å². The lowest BCUT2D eigenvalue weighted by atomic mass is 9.99. The monoisotopic (exact) mass is 258 g/mol. The fourth-order valence-electron chi connectivity index (χ4n) is 2.45. The average Bonchev–Trinajstić information content (AvgIpc) is 2.48. The van der Waals surface area contributed by atoms with E-state index < -0.39 is 0 Å². The Labute approximate surface area is 118 Å². The third kappa shape index (κ3) is 2.15. The molecule has 0 bridgehead atoms. The first-order chi connectivity index (χ1) is 9.79. The van der Waals surface area contributed by atoms with Crippen molar-refractivity contribution >= 4 is 10.8 Å². The molecule has 0 aliphatic carbocycles. The Kier molecular flexibility index (Phi) is 3.18. The highest BCUT2D eigenvalue weighted by atomic mass is 14.7. The summed E-state index contributed by atoms with van der Waals surface area (Å²) in [5, 5.41) is 11.1. The van der Waals surface area contributed by atoms with Crippen LogP contribution in [0.25, 0.3) is 22.0 Å². The summed E-state index contributed by atoms with van der Waals surface area (Å²) in [4.78, 5) is 4.53. The molecule has 0 amide bonds. The van der Waals surface area contributed by atoms with E-state index in [0.717, 1.165) is 27.6 Å². The van der Waals surface area contributed by atoms with Crippen LogP contribution in [0.1, 0.15) is 11.1 Å². The van der Waals surface area contributed by atoms with Gasteiger partial charge >= 0.3 is 0 Å². The first kappa shape index (κ1) is 12.4. The first-order valence-electron chi connectivity index (χ1n) is 6.60. The second-order valence-electron chi connectivity index (χ2n) is 4.87. The van der Waals surface area contributed by atoms with Gasteiger partial charge in [-0.1, -0.05) is 48.0 Å². The van der Waals surface area contributed by atoms with Crippen molar-refractivity contribution in [1.82, 2.24) is 4.98 Å². The van der Waals surface area contributed by atoms with Gasteiger partial charge in [-0.25, -0.2) is 0 Å². The molecule has 0 unspecified atom stereocenters. The number of aromatic nitrogens is 1. The van der Waals surface area contributed by atoms with E-state index in [0.29, 0.717) is 6.42 Å². The van der Waals surface area contributed by atoms with E-state index >= 15 is 0 Å². The van der Waals surface area contributed by atoms with Gasteiger partial charge in [-0.2, -0.15) is 5.26 Å². The Morgan fingerprint density at radius 2 is 1.80 bits per heavy atom. The number of rotatable bonds is 2. The maximum Gasteiger partial charge on any atom is 0.0780 e. The summed E-state index contributed by atoms with van der Waals surface area (Å²) in [6.07, 6.45) is 2.24. The molecule has 0 saturated heterocycles. The van der Waals surface area contributed by atoms with Crippen LogP contribution < -0.4 is 0 Å². The highest BCUT2D eigenvalue weighted by Gasteiger charge is 2.07. The molecule has 2 heteroatoms. The molecule has 0 aliphatic heterocycles. The highest BCUT2D eigenvalue weighted by molar-refractivity contribution is 5.96. The molecule has 0 fully saturated rings. The van der Waals surface area contributed by atoms with Gasteiger partial charge in [0.25, 0.3) is 0 Å². The fourth-order valence-corrected chi connectivity index (χ4v) is 2.45. The topological polar surface area (TPSA) is 36.7 Å². The molecule has 2 nitrogen and oxygen atoms in total. The van der Waals surface area contributed by atoms with Crippen molar-refractivity contribution in [2.45, 2.75) is 13.3 Å². The van der Waals surface area contributed by atoms with Crippen molar-refractivity contribution in [1.29, 1.82) is 5.26 Å². The van der Waals surface area contributed by atoms with Crippen LogP contribution in [0.2, 0.25) is 0 Å². The van der Waals surface area contributed by atoms with Crippen LogP contribution in [0, 0.1) is 18.3 Å². The molecular formula is C18H14N2. The highest BCUT2D eigenvalue weighted by Crippen LogP contribution is 2.28. The summed E-state index contributed by atoms with van der Waals surface area (Å²) in [7, 11) is 0. The first-order valence-corrected chi connectivity index (χ1v) is 6.60. The summed E-state index contributed by atoms with van der Waals surface area (Å²) < 4.78 is 0. The number of fused-ring (bicyclic) bond motifs is 1. The molecule has 1 aromatic heterocycles. The molecule has 20 heavy (non-hydrogen) atoms. The normalized spacial score (nSPS) is 10.4. The van der Waals surface area contributed by atoms with Gasteiger partial charge in [-0.3, -0.25) is 4.98 Å². The van der Waals surface area contributed by atoms with E-state index in [4.69, 9.17) is 5.26 Å². The second kappa shape index (κ2) is 5.14. The smallest absolute Gasteiger partial charge is 0.0780 e. The van der Waals surface area contributed by atoms with Crippen molar-refractivity contribution < 1.29 is 0 Å². The molecule has 3 aromatic rings. The SMILES string of the molecule is Cc1ccc(-c2nccc3c(CC#N)cccc23)cc1. The van der Waals surface area contributed by atoms with E-state index in [9.17, 15) is 0 Å². The van der Waals surface area contributed by atoms with Crippen molar-refractivity contribution in [3.05, 3.63) is 65.9 Å². The summed E-state index contributed by atoms with van der Waals surface area (Å²) in [5.74, 6) is 0. The van der Waals surface area contributed by atoms with E-state index in [1.807, 2.05) is 24.4 Å². The second-order valence-corrected chi connectivity index (χ2v) is 4.87. The van der Waals surface area contributed by atoms with Crippen LogP contribution in [0.5, 0.6) is 0 Å². The molecule has 96 valence electrons. The Hall–Kier alpha value is -2.66. The predicted octanol–water partition coefficient (Wildman–Crippen LogP) is 4.28. The largest absolute Gasteiger partial charge is 0.256 e. The number of nitriles is 1. The molecule has 0 saturated carbocycles. The van der Waals surface area contributed by atoms with Gasteiger partial charge in [0, 0.05) is 17.1 Å². The zero-order valence-corrected chi connectivity index (χ0v) is 11.3. The lowest BCUT2D eigenvalue weighted by Crippen LogP contribution is -1.90. The molecule has 0 spiro atoms. The van der Waals surface area contributed by atoms with Gasteiger partial charge in [-0.15, -0.1) is 0 Å². The Morgan fingerprint density at radius 1 is 1.00 bits per heavy atom. The third-order valence-electron chi connectivity index (χ3n) is 3.49. The van der Waals surface area contributed by atoms with E-state index in [2.05, 4.69) is 48.3 Å². The van der Waals surface area contributed by atoms with Gasteiger partial charge < -0.3 is 0 Å². The summed E-state index contributed by atoms with van der Waals surface area (Å²) in [6.45, 7) is 2.07.